The lowest BCUT2D eigenvalue weighted by atomic mass is 10.5. The highest BCUT2D eigenvalue weighted by Crippen LogP contribution is 1.88. The lowest BCUT2D eigenvalue weighted by Gasteiger charge is -1.98. The van der Waals surface area contributed by atoms with Crippen molar-refractivity contribution in [1.29, 1.82) is 0 Å². The molecule has 1 aromatic rings. The van der Waals surface area contributed by atoms with Gasteiger partial charge in [0.05, 0.1) is 18.8 Å². The molecule has 5 nitrogen and oxygen atoms in total. The topological polar surface area (TPSA) is 52.0 Å². The molecule has 62 valence electrons. The minimum Gasteiger partial charge on any atom is -0.302 e. The highest BCUT2D eigenvalue weighted by Gasteiger charge is 1.95. The average molecular weight is 156 g/mol. The van der Waals surface area contributed by atoms with E-state index in [2.05, 4.69) is 15.8 Å². The van der Waals surface area contributed by atoms with E-state index in [0.717, 1.165) is 5.69 Å². The summed E-state index contributed by atoms with van der Waals surface area (Å²) in [5, 5.41) is 7.62. The number of nitrogens with one attached hydrogen (secondary N) is 1. The highest BCUT2D eigenvalue weighted by atomic mass is 16.6. The molecule has 0 aliphatic heterocycles. The number of nitrogens with zero attached hydrogens (tertiary/aromatic N) is 3. The third kappa shape index (κ3) is 2.65. The number of hydroxylamine groups is 1. The smallest absolute Gasteiger partial charge is 0.0988 e. The summed E-state index contributed by atoms with van der Waals surface area (Å²) in [6.45, 7) is 3.17. The number of aryl methyl sites for hydroxylation is 1. The molecule has 0 bridgehead atoms. The van der Waals surface area contributed by atoms with Crippen LogP contribution in [-0.2, 0) is 18.4 Å². The predicted molar refractivity (Wildman–Crippen MR) is 39.5 cm³/mol. The van der Waals surface area contributed by atoms with Gasteiger partial charge in [0, 0.05) is 13.2 Å². The normalized spacial score (nSPS) is 10.4. The van der Waals surface area contributed by atoms with Gasteiger partial charge in [-0.1, -0.05) is 5.21 Å². The van der Waals surface area contributed by atoms with Gasteiger partial charge in [0.25, 0.3) is 0 Å². The summed E-state index contributed by atoms with van der Waals surface area (Å²) in [4.78, 5) is 4.92. The molecule has 0 aromatic carbocycles. The zero-order valence-corrected chi connectivity index (χ0v) is 6.74. The van der Waals surface area contributed by atoms with Crippen LogP contribution in [0.4, 0.5) is 0 Å². The van der Waals surface area contributed by atoms with E-state index >= 15 is 0 Å². The van der Waals surface area contributed by atoms with Gasteiger partial charge in [0.1, 0.15) is 0 Å². The molecule has 0 saturated heterocycles. The standard InChI is InChI=1S/C6H12N4O/c1-3-11-7-4-6-5-10(2)9-8-6/h5,7H,3-4H2,1-2H3. The molecule has 1 rings (SSSR count). The SMILES string of the molecule is CCONCc1cn(C)nn1. The Bertz CT molecular complexity index is 210. The molecule has 0 spiro atoms. The predicted octanol–water partition coefficient (Wildman–Crippen LogP) is -0.144. The van der Waals surface area contributed by atoms with Gasteiger partial charge in [-0.2, -0.15) is 5.48 Å². The summed E-state index contributed by atoms with van der Waals surface area (Å²) in [5.74, 6) is 0. The van der Waals surface area contributed by atoms with Gasteiger partial charge in [-0.05, 0) is 6.92 Å². The van der Waals surface area contributed by atoms with Gasteiger partial charge in [0.15, 0.2) is 0 Å². The van der Waals surface area contributed by atoms with Crippen molar-refractivity contribution >= 4 is 0 Å². The molecule has 0 aliphatic carbocycles. The quantitative estimate of drug-likeness (QED) is 0.487. The Kier molecular flexibility index (Phi) is 3.00. The Hall–Kier alpha value is -0.940. The Morgan fingerprint density at radius 3 is 3.09 bits per heavy atom. The van der Waals surface area contributed by atoms with Gasteiger partial charge in [-0.15, -0.1) is 5.10 Å². The molecule has 0 radical (unpaired) electrons. The van der Waals surface area contributed by atoms with E-state index in [9.17, 15) is 0 Å². The fourth-order valence-electron chi connectivity index (χ4n) is 0.703. The maximum Gasteiger partial charge on any atom is 0.0988 e. The first kappa shape index (κ1) is 8.16. The van der Waals surface area contributed by atoms with Crippen molar-refractivity contribution in [2.24, 2.45) is 7.05 Å². The van der Waals surface area contributed by atoms with Gasteiger partial charge in [-0.25, -0.2) is 0 Å². The van der Waals surface area contributed by atoms with E-state index < -0.39 is 0 Å². The summed E-state index contributed by atoms with van der Waals surface area (Å²) < 4.78 is 1.66. The molecule has 1 N–H and O–H groups in total. The van der Waals surface area contributed by atoms with E-state index in [1.807, 2.05) is 20.2 Å². The van der Waals surface area contributed by atoms with Crippen LogP contribution in [0.3, 0.4) is 0 Å². The van der Waals surface area contributed by atoms with Crippen LogP contribution in [0, 0.1) is 0 Å². The fourth-order valence-corrected chi connectivity index (χ4v) is 0.703. The van der Waals surface area contributed by atoms with Gasteiger partial charge < -0.3 is 4.84 Å². The number of rotatable bonds is 4. The van der Waals surface area contributed by atoms with Crippen molar-refractivity contribution in [2.45, 2.75) is 13.5 Å². The summed E-state index contributed by atoms with van der Waals surface area (Å²) >= 11 is 0. The average Bonchev–Trinajstić information content (AvgIpc) is 2.37. The lowest BCUT2D eigenvalue weighted by molar-refractivity contribution is 0.0456. The van der Waals surface area contributed by atoms with Crippen molar-refractivity contribution < 1.29 is 4.84 Å². The van der Waals surface area contributed by atoms with Gasteiger partial charge in [-0.3, -0.25) is 4.68 Å². The Morgan fingerprint density at radius 2 is 2.55 bits per heavy atom. The van der Waals surface area contributed by atoms with Crippen molar-refractivity contribution in [3.8, 4) is 0 Å². The second kappa shape index (κ2) is 4.05. The zero-order chi connectivity index (χ0) is 8.10. The van der Waals surface area contributed by atoms with Crippen molar-refractivity contribution in [1.82, 2.24) is 20.5 Å². The highest BCUT2D eigenvalue weighted by molar-refractivity contribution is 4.89. The van der Waals surface area contributed by atoms with Crippen LogP contribution in [0.2, 0.25) is 0 Å². The van der Waals surface area contributed by atoms with Crippen LogP contribution < -0.4 is 5.48 Å². The molecule has 0 aliphatic rings. The van der Waals surface area contributed by atoms with Crippen LogP contribution in [0.15, 0.2) is 6.20 Å². The Morgan fingerprint density at radius 1 is 1.73 bits per heavy atom. The molecule has 1 heterocycles. The minimum absolute atomic E-state index is 0.599. The summed E-state index contributed by atoms with van der Waals surface area (Å²) in [6.07, 6.45) is 1.84. The first-order chi connectivity index (χ1) is 5.33. The fraction of sp³-hybridized carbons (Fsp3) is 0.667. The largest absolute Gasteiger partial charge is 0.302 e. The van der Waals surface area contributed by atoms with E-state index in [1.54, 1.807) is 4.68 Å². The molecule has 1 aromatic heterocycles. The summed E-state index contributed by atoms with van der Waals surface area (Å²) in [5.41, 5.74) is 3.62. The van der Waals surface area contributed by atoms with Crippen molar-refractivity contribution in [3.63, 3.8) is 0 Å². The van der Waals surface area contributed by atoms with Crippen LogP contribution in [0.5, 0.6) is 0 Å². The van der Waals surface area contributed by atoms with Crippen LogP contribution in [-0.4, -0.2) is 21.6 Å². The first-order valence-corrected chi connectivity index (χ1v) is 3.52. The third-order valence-corrected chi connectivity index (χ3v) is 1.15. The molecule has 11 heavy (non-hydrogen) atoms. The van der Waals surface area contributed by atoms with E-state index in [1.165, 1.54) is 0 Å². The Labute approximate surface area is 65.3 Å². The van der Waals surface area contributed by atoms with Crippen molar-refractivity contribution in [3.05, 3.63) is 11.9 Å². The van der Waals surface area contributed by atoms with E-state index in [4.69, 9.17) is 4.84 Å². The molecule has 0 fully saturated rings. The molecular weight excluding hydrogens is 144 g/mol. The minimum atomic E-state index is 0.599. The maximum absolute atomic E-state index is 4.92. The van der Waals surface area contributed by atoms with Crippen LogP contribution in [0.1, 0.15) is 12.6 Å². The molecule has 0 unspecified atom stereocenters. The Balaban J connectivity index is 2.27. The zero-order valence-electron chi connectivity index (χ0n) is 6.74. The monoisotopic (exact) mass is 156 g/mol. The van der Waals surface area contributed by atoms with E-state index in [-0.39, 0.29) is 0 Å². The number of hydrogen-bond donors (Lipinski definition) is 1. The second-order valence-corrected chi connectivity index (χ2v) is 2.14. The second-order valence-electron chi connectivity index (χ2n) is 2.14. The molecular formula is C6H12N4O. The summed E-state index contributed by atoms with van der Waals surface area (Å²) in [6, 6.07) is 0. The lowest BCUT2D eigenvalue weighted by Crippen LogP contribution is -2.13. The van der Waals surface area contributed by atoms with Gasteiger partial charge >= 0.3 is 0 Å². The first-order valence-electron chi connectivity index (χ1n) is 3.52. The molecule has 0 amide bonds. The molecule has 0 saturated carbocycles. The molecule has 0 atom stereocenters. The molecule has 5 heteroatoms. The van der Waals surface area contributed by atoms with Crippen molar-refractivity contribution in [2.75, 3.05) is 6.61 Å². The third-order valence-electron chi connectivity index (χ3n) is 1.15. The van der Waals surface area contributed by atoms with Gasteiger partial charge in [0.2, 0.25) is 0 Å². The summed E-state index contributed by atoms with van der Waals surface area (Å²) in [7, 11) is 1.83. The number of aromatic nitrogens is 3. The van der Waals surface area contributed by atoms with E-state index in [0.29, 0.717) is 13.2 Å². The number of hydrogen-bond acceptors (Lipinski definition) is 4. The maximum atomic E-state index is 4.92. The van der Waals surface area contributed by atoms with Crippen LogP contribution >= 0.6 is 0 Å². The van der Waals surface area contributed by atoms with Crippen LogP contribution in [0.25, 0.3) is 0 Å².